The second kappa shape index (κ2) is 7.77. The molecule has 2 N–H and O–H groups in total. The van der Waals surface area contributed by atoms with E-state index < -0.39 is 0 Å². The number of piperidine rings is 1. The van der Waals surface area contributed by atoms with Crippen LogP contribution in [-0.2, 0) is 13.0 Å². The average Bonchev–Trinajstić information content (AvgIpc) is 2.49. The van der Waals surface area contributed by atoms with Crippen molar-refractivity contribution in [1.82, 2.24) is 9.80 Å². The fourth-order valence-corrected chi connectivity index (χ4v) is 3.07. The predicted molar refractivity (Wildman–Crippen MR) is 85.8 cm³/mol. The summed E-state index contributed by atoms with van der Waals surface area (Å²) in [5, 5.41) is 0. The first-order valence-electron chi connectivity index (χ1n) is 7.93. The van der Waals surface area contributed by atoms with E-state index in [2.05, 4.69) is 48.0 Å². The smallest absolute Gasteiger partial charge is 0.0233 e. The van der Waals surface area contributed by atoms with E-state index in [-0.39, 0.29) is 0 Å². The summed E-state index contributed by atoms with van der Waals surface area (Å²) in [5.74, 6) is 0. The first-order chi connectivity index (χ1) is 9.72. The molecular formula is C17H29N3. The van der Waals surface area contributed by atoms with E-state index in [0.717, 1.165) is 25.6 Å². The van der Waals surface area contributed by atoms with Gasteiger partial charge in [0.15, 0.2) is 0 Å². The molecule has 20 heavy (non-hydrogen) atoms. The maximum atomic E-state index is 5.59. The molecule has 0 saturated carbocycles. The Bertz CT molecular complexity index is 380. The zero-order chi connectivity index (χ0) is 14.4. The maximum absolute atomic E-state index is 5.59. The van der Waals surface area contributed by atoms with Crippen LogP contribution in [0.25, 0.3) is 0 Å². The van der Waals surface area contributed by atoms with Gasteiger partial charge in [-0.15, -0.1) is 0 Å². The number of benzene rings is 1. The molecule has 0 radical (unpaired) electrons. The lowest BCUT2D eigenvalue weighted by atomic mass is 10.0. The molecule has 3 heteroatoms. The van der Waals surface area contributed by atoms with Gasteiger partial charge < -0.3 is 10.6 Å². The van der Waals surface area contributed by atoms with Crippen molar-refractivity contribution >= 4 is 0 Å². The van der Waals surface area contributed by atoms with E-state index in [9.17, 15) is 0 Å². The van der Waals surface area contributed by atoms with Crippen molar-refractivity contribution in [3.63, 3.8) is 0 Å². The molecule has 1 aliphatic heterocycles. The van der Waals surface area contributed by atoms with Gasteiger partial charge in [-0.1, -0.05) is 31.2 Å². The van der Waals surface area contributed by atoms with Crippen LogP contribution in [0.3, 0.4) is 0 Å². The Kier molecular flexibility index (Phi) is 6.02. The van der Waals surface area contributed by atoms with Gasteiger partial charge in [-0.25, -0.2) is 0 Å². The number of hydrogen-bond acceptors (Lipinski definition) is 3. The van der Waals surface area contributed by atoms with Crippen LogP contribution in [0.15, 0.2) is 24.3 Å². The zero-order valence-corrected chi connectivity index (χ0v) is 13.0. The van der Waals surface area contributed by atoms with Gasteiger partial charge in [-0.2, -0.15) is 0 Å². The Morgan fingerprint density at radius 1 is 1.15 bits per heavy atom. The van der Waals surface area contributed by atoms with Crippen molar-refractivity contribution < 1.29 is 0 Å². The van der Waals surface area contributed by atoms with Gasteiger partial charge in [0, 0.05) is 12.6 Å². The molecule has 0 amide bonds. The molecule has 0 unspecified atom stereocenters. The lowest BCUT2D eigenvalue weighted by Crippen LogP contribution is -2.42. The molecule has 0 bridgehead atoms. The first-order valence-corrected chi connectivity index (χ1v) is 7.93. The molecule has 1 fully saturated rings. The Balaban J connectivity index is 1.83. The highest BCUT2D eigenvalue weighted by atomic mass is 15.2. The van der Waals surface area contributed by atoms with E-state index in [0.29, 0.717) is 0 Å². The molecule has 112 valence electrons. The molecule has 1 aliphatic rings. The fraction of sp³-hybridized carbons (Fsp3) is 0.647. The third-order valence-corrected chi connectivity index (χ3v) is 4.52. The second-order valence-electron chi connectivity index (χ2n) is 5.94. The molecule has 0 atom stereocenters. The third-order valence-electron chi connectivity index (χ3n) is 4.52. The van der Waals surface area contributed by atoms with Crippen LogP contribution in [0, 0.1) is 0 Å². The quantitative estimate of drug-likeness (QED) is 0.863. The lowest BCUT2D eigenvalue weighted by Gasteiger charge is -2.36. The molecule has 3 nitrogen and oxygen atoms in total. The van der Waals surface area contributed by atoms with Crippen LogP contribution in [0.1, 0.15) is 30.9 Å². The fourth-order valence-electron chi connectivity index (χ4n) is 3.07. The summed E-state index contributed by atoms with van der Waals surface area (Å²) < 4.78 is 0. The van der Waals surface area contributed by atoms with Crippen LogP contribution in [-0.4, -0.2) is 49.1 Å². The van der Waals surface area contributed by atoms with Gasteiger partial charge >= 0.3 is 0 Å². The minimum absolute atomic E-state index is 0.731. The van der Waals surface area contributed by atoms with Crippen LogP contribution in [0.5, 0.6) is 0 Å². The minimum atomic E-state index is 0.731. The molecule has 1 aromatic rings. The van der Waals surface area contributed by atoms with Gasteiger partial charge in [-0.3, -0.25) is 4.90 Å². The molecule has 1 saturated heterocycles. The van der Waals surface area contributed by atoms with E-state index in [1.165, 1.54) is 43.6 Å². The summed E-state index contributed by atoms with van der Waals surface area (Å²) >= 11 is 0. The number of hydrogen-bond donors (Lipinski definition) is 1. The van der Waals surface area contributed by atoms with Crippen molar-refractivity contribution in [3.8, 4) is 0 Å². The van der Waals surface area contributed by atoms with Gasteiger partial charge in [0.1, 0.15) is 0 Å². The van der Waals surface area contributed by atoms with Gasteiger partial charge in [0.2, 0.25) is 0 Å². The summed E-state index contributed by atoms with van der Waals surface area (Å²) in [6.45, 7) is 7.74. The SMILES string of the molecule is CCN1CCC(N(C)Cc2ccc(CCN)cc2)CC1. The number of nitrogens with zero attached hydrogens (tertiary/aromatic N) is 2. The van der Waals surface area contributed by atoms with E-state index in [4.69, 9.17) is 5.73 Å². The second-order valence-corrected chi connectivity index (χ2v) is 5.94. The first kappa shape index (κ1) is 15.5. The van der Waals surface area contributed by atoms with Crippen molar-refractivity contribution in [2.24, 2.45) is 5.73 Å². The van der Waals surface area contributed by atoms with Crippen molar-refractivity contribution in [3.05, 3.63) is 35.4 Å². The number of nitrogens with two attached hydrogens (primary N) is 1. The highest BCUT2D eigenvalue weighted by Crippen LogP contribution is 2.17. The topological polar surface area (TPSA) is 32.5 Å². The maximum Gasteiger partial charge on any atom is 0.0233 e. The minimum Gasteiger partial charge on any atom is -0.330 e. The van der Waals surface area contributed by atoms with E-state index in [1.54, 1.807) is 0 Å². The monoisotopic (exact) mass is 275 g/mol. The summed E-state index contributed by atoms with van der Waals surface area (Å²) in [4.78, 5) is 5.07. The summed E-state index contributed by atoms with van der Waals surface area (Å²) in [7, 11) is 2.26. The molecule has 0 aliphatic carbocycles. The molecule has 0 aromatic heterocycles. The van der Waals surface area contributed by atoms with Crippen LogP contribution >= 0.6 is 0 Å². The van der Waals surface area contributed by atoms with Crippen LogP contribution in [0.2, 0.25) is 0 Å². The Hall–Kier alpha value is -0.900. The summed E-state index contributed by atoms with van der Waals surface area (Å²) in [6, 6.07) is 9.68. The summed E-state index contributed by atoms with van der Waals surface area (Å²) in [5.41, 5.74) is 8.34. The lowest BCUT2D eigenvalue weighted by molar-refractivity contribution is 0.127. The largest absolute Gasteiger partial charge is 0.330 e. The standard InChI is InChI=1S/C17H29N3/c1-3-20-12-9-17(10-13-20)19(2)14-16-6-4-15(5-7-16)8-11-18/h4-7,17H,3,8-14,18H2,1-2H3. The normalized spacial score (nSPS) is 17.8. The molecular weight excluding hydrogens is 246 g/mol. The third kappa shape index (κ3) is 4.30. The Morgan fingerprint density at radius 2 is 1.75 bits per heavy atom. The van der Waals surface area contributed by atoms with Gasteiger partial charge in [0.05, 0.1) is 0 Å². The van der Waals surface area contributed by atoms with Crippen LogP contribution in [0.4, 0.5) is 0 Å². The van der Waals surface area contributed by atoms with Crippen molar-refractivity contribution in [2.45, 2.75) is 38.8 Å². The Morgan fingerprint density at radius 3 is 2.30 bits per heavy atom. The zero-order valence-electron chi connectivity index (χ0n) is 13.0. The van der Waals surface area contributed by atoms with E-state index >= 15 is 0 Å². The van der Waals surface area contributed by atoms with Crippen molar-refractivity contribution in [1.29, 1.82) is 0 Å². The highest BCUT2D eigenvalue weighted by Gasteiger charge is 2.21. The summed E-state index contributed by atoms with van der Waals surface area (Å²) in [6.07, 6.45) is 3.58. The van der Waals surface area contributed by atoms with Crippen molar-refractivity contribution in [2.75, 3.05) is 33.2 Å². The number of rotatable bonds is 6. The van der Waals surface area contributed by atoms with Crippen LogP contribution < -0.4 is 5.73 Å². The average molecular weight is 275 g/mol. The molecule has 2 rings (SSSR count). The van der Waals surface area contributed by atoms with Gasteiger partial charge in [0.25, 0.3) is 0 Å². The molecule has 1 aromatic carbocycles. The number of likely N-dealkylation sites (tertiary alicyclic amines) is 1. The molecule has 0 spiro atoms. The predicted octanol–water partition coefficient (Wildman–Crippen LogP) is 2.10. The van der Waals surface area contributed by atoms with E-state index in [1.807, 2.05) is 0 Å². The molecule has 1 heterocycles. The van der Waals surface area contributed by atoms with Gasteiger partial charge in [-0.05, 0) is 63.6 Å². The Labute approximate surface area is 123 Å². The highest BCUT2D eigenvalue weighted by molar-refractivity contribution is 5.22.